The lowest BCUT2D eigenvalue weighted by Gasteiger charge is -2.28. The zero-order valence-electron chi connectivity index (χ0n) is 22.8. The summed E-state index contributed by atoms with van der Waals surface area (Å²) in [6.45, 7) is 0. The molecule has 0 spiro atoms. The fourth-order valence-electron chi connectivity index (χ4n) is 6.88. The molecule has 40 heavy (non-hydrogen) atoms. The molecule has 2 aromatic heterocycles. The number of ketones is 1. The second-order valence-electron chi connectivity index (χ2n) is 11.5. The molecule has 2 aromatic carbocycles. The van der Waals surface area contributed by atoms with Crippen molar-refractivity contribution < 1.29 is 4.79 Å². The summed E-state index contributed by atoms with van der Waals surface area (Å²) in [7, 11) is 0. The first-order valence-corrected chi connectivity index (χ1v) is 15.4. The van der Waals surface area contributed by atoms with Crippen molar-refractivity contribution in [3.05, 3.63) is 106 Å². The van der Waals surface area contributed by atoms with Gasteiger partial charge in [-0.3, -0.25) is 4.79 Å². The molecule has 0 N–H and O–H groups in total. The van der Waals surface area contributed by atoms with Crippen molar-refractivity contribution in [3.8, 4) is 0 Å². The average molecular weight is 576 g/mol. The number of carbonyl (C=O) groups excluding carboxylic acids is 1. The van der Waals surface area contributed by atoms with E-state index >= 15 is 0 Å². The molecule has 0 radical (unpaired) electrons. The van der Waals surface area contributed by atoms with E-state index < -0.39 is 12.1 Å². The van der Waals surface area contributed by atoms with Crippen LogP contribution in [-0.2, 0) is 4.79 Å². The summed E-state index contributed by atoms with van der Waals surface area (Å²) in [5.41, 5.74) is 4.17. The number of hydrogen-bond acceptors (Lipinski definition) is 3. The molecule has 2 aliphatic rings. The molecule has 0 bridgehead atoms. The zero-order chi connectivity index (χ0) is 27.5. The topological polar surface area (TPSA) is 52.7 Å². The van der Waals surface area contributed by atoms with Crippen LogP contribution < -0.4 is 0 Å². The van der Waals surface area contributed by atoms with Gasteiger partial charge < -0.3 is 9.13 Å². The van der Waals surface area contributed by atoms with E-state index in [2.05, 4.69) is 22.1 Å². The molecule has 0 saturated heterocycles. The number of Topliss-reactive ketones (excluding diaryl/α,β-unsaturated/α-hetero) is 1. The summed E-state index contributed by atoms with van der Waals surface area (Å²) >= 11 is 13.5. The predicted octanol–water partition coefficient (Wildman–Crippen LogP) is 8.93. The summed E-state index contributed by atoms with van der Waals surface area (Å²) in [6.07, 6.45) is 22.7. The van der Waals surface area contributed by atoms with Crippen molar-refractivity contribution in [1.82, 2.24) is 19.1 Å². The van der Waals surface area contributed by atoms with Gasteiger partial charge in [0.05, 0.1) is 12.7 Å². The monoisotopic (exact) mass is 574 g/mol. The summed E-state index contributed by atoms with van der Waals surface area (Å²) in [6, 6.07) is 11.1. The van der Waals surface area contributed by atoms with Crippen LogP contribution in [0.2, 0.25) is 10.0 Å². The van der Waals surface area contributed by atoms with Crippen molar-refractivity contribution in [2.45, 2.75) is 88.1 Å². The Hall–Kier alpha value is -2.89. The lowest BCUT2D eigenvalue weighted by atomic mass is 9.81. The van der Waals surface area contributed by atoms with Gasteiger partial charge in [0.15, 0.2) is 5.78 Å². The molecule has 208 valence electrons. The van der Waals surface area contributed by atoms with E-state index in [1.54, 1.807) is 25.0 Å². The molecule has 6 rings (SSSR count). The molecular formula is C33H36Cl2N4O. The van der Waals surface area contributed by atoms with Gasteiger partial charge >= 0.3 is 0 Å². The maximum Gasteiger partial charge on any atom is 0.187 e. The van der Waals surface area contributed by atoms with Crippen molar-refractivity contribution in [2.24, 2.45) is 0 Å². The third-order valence-electron chi connectivity index (χ3n) is 8.95. The highest BCUT2D eigenvalue weighted by Crippen LogP contribution is 2.41. The smallest absolute Gasteiger partial charge is 0.187 e. The van der Waals surface area contributed by atoms with Gasteiger partial charge in [-0.25, -0.2) is 9.97 Å². The van der Waals surface area contributed by atoms with E-state index in [1.807, 2.05) is 45.8 Å². The number of imidazole rings is 2. The Morgan fingerprint density at radius 3 is 1.48 bits per heavy atom. The molecule has 0 aliphatic heterocycles. The first-order valence-electron chi connectivity index (χ1n) is 14.7. The van der Waals surface area contributed by atoms with Crippen molar-refractivity contribution >= 4 is 29.0 Å². The molecule has 7 heteroatoms. The molecule has 5 nitrogen and oxygen atoms in total. The van der Waals surface area contributed by atoms with Gasteiger partial charge in [0, 0.05) is 34.8 Å². The number of hydrogen-bond donors (Lipinski definition) is 0. The van der Waals surface area contributed by atoms with Crippen LogP contribution in [0.5, 0.6) is 0 Å². The van der Waals surface area contributed by atoms with E-state index in [-0.39, 0.29) is 5.78 Å². The van der Waals surface area contributed by atoms with Crippen LogP contribution in [0.4, 0.5) is 0 Å². The SMILES string of the molecule is O=C(C(c1ccc(Cl)c(C2CCCCC2)c1)n1ccnc1)C(c1ccc(Cl)c(C2CCCCC2)c1)n1ccnc1. The third kappa shape index (κ3) is 5.64. The van der Waals surface area contributed by atoms with Crippen LogP contribution in [-0.4, -0.2) is 24.9 Å². The second kappa shape index (κ2) is 12.3. The van der Waals surface area contributed by atoms with E-state index in [4.69, 9.17) is 23.2 Å². The Balaban J connectivity index is 1.43. The number of halogens is 2. The lowest BCUT2D eigenvalue weighted by molar-refractivity contribution is -0.123. The number of benzene rings is 2. The van der Waals surface area contributed by atoms with Gasteiger partial charge in [-0.2, -0.15) is 0 Å². The van der Waals surface area contributed by atoms with Crippen molar-refractivity contribution in [1.29, 1.82) is 0 Å². The number of nitrogens with zero attached hydrogens (tertiary/aromatic N) is 4. The fraction of sp³-hybridized carbons (Fsp3) is 0.424. The minimum absolute atomic E-state index is 0.0461. The summed E-state index contributed by atoms with van der Waals surface area (Å²) in [5, 5.41) is 1.57. The Kier molecular flexibility index (Phi) is 8.40. The molecule has 2 unspecified atom stereocenters. The van der Waals surface area contributed by atoms with Crippen LogP contribution in [0.1, 0.15) is 110 Å². The molecular weight excluding hydrogens is 539 g/mol. The van der Waals surface area contributed by atoms with Gasteiger partial charge in [-0.05, 0) is 71.9 Å². The highest BCUT2D eigenvalue weighted by Gasteiger charge is 2.33. The van der Waals surface area contributed by atoms with Crippen LogP contribution in [0.25, 0.3) is 0 Å². The highest BCUT2D eigenvalue weighted by atomic mass is 35.5. The molecule has 2 saturated carbocycles. The molecule has 2 aliphatic carbocycles. The van der Waals surface area contributed by atoms with Gasteiger partial charge in [-0.15, -0.1) is 0 Å². The van der Waals surface area contributed by atoms with Gasteiger partial charge in [-0.1, -0.05) is 86.0 Å². The van der Waals surface area contributed by atoms with Crippen LogP contribution in [0, 0.1) is 0 Å². The molecule has 2 fully saturated rings. The number of rotatable bonds is 8. The lowest BCUT2D eigenvalue weighted by Crippen LogP contribution is -2.30. The molecule has 2 heterocycles. The summed E-state index contributed by atoms with van der Waals surface area (Å²) in [5.74, 6) is 0.904. The van der Waals surface area contributed by atoms with Crippen LogP contribution >= 0.6 is 23.2 Å². The number of aromatic nitrogens is 4. The van der Waals surface area contributed by atoms with Crippen LogP contribution in [0.15, 0.2) is 73.8 Å². The van der Waals surface area contributed by atoms with E-state index in [0.29, 0.717) is 11.8 Å². The van der Waals surface area contributed by atoms with Crippen LogP contribution in [0.3, 0.4) is 0 Å². The Morgan fingerprint density at radius 2 is 1.10 bits per heavy atom. The Labute approximate surface area is 246 Å². The number of carbonyl (C=O) groups is 1. The first kappa shape index (κ1) is 27.3. The largest absolute Gasteiger partial charge is 0.323 e. The van der Waals surface area contributed by atoms with Crippen molar-refractivity contribution in [3.63, 3.8) is 0 Å². The zero-order valence-corrected chi connectivity index (χ0v) is 24.3. The van der Waals surface area contributed by atoms with Gasteiger partial charge in [0.25, 0.3) is 0 Å². The van der Waals surface area contributed by atoms with Gasteiger partial charge in [0.1, 0.15) is 12.1 Å². The average Bonchev–Trinajstić information content (AvgIpc) is 3.72. The fourth-order valence-corrected chi connectivity index (χ4v) is 7.42. The molecule has 2 atom stereocenters. The van der Waals surface area contributed by atoms with Crippen molar-refractivity contribution in [2.75, 3.05) is 0 Å². The first-order chi connectivity index (χ1) is 19.6. The van der Waals surface area contributed by atoms with E-state index in [9.17, 15) is 4.79 Å². The van der Waals surface area contributed by atoms with E-state index in [1.165, 1.54) is 38.5 Å². The highest BCUT2D eigenvalue weighted by molar-refractivity contribution is 6.31. The Bertz CT molecular complexity index is 1310. The predicted molar refractivity (Wildman–Crippen MR) is 160 cm³/mol. The minimum Gasteiger partial charge on any atom is -0.323 e. The normalized spacial score (nSPS) is 18.4. The maximum absolute atomic E-state index is 14.8. The quantitative estimate of drug-likeness (QED) is 0.211. The third-order valence-corrected chi connectivity index (χ3v) is 9.64. The molecule has 0 amide bonds. The minimum atomic E-state index is -0.566. The summed E-state index contributed by atoms with van der Waals surface area (Å²) in [4.78, 5) is 23.4. The standard InChI is InChI=1S/C33H36Cl2N4O/c34-29-13-11-25(19-27(29)23-7-3-1-4-8-23)31(38-17-15-36-21-38)33(40)32(39-18-16-37-22-39)26-12-14-30(35)28(20-26)24-9-5-2-6-10-24/h11-24,31-32H,1-10H2. The second-order valence-corrected chi connectivity index (χ2v) is 12.3. The maximum atomic E-state index is 14.8. The Morgan fingerprint density at radius 1 is 0.675 bits per heavy atom. The summed E-state index contributed by atoms with van der Waals surface area (Å²) < 4.78 is 3.83. The molecule has 4 aromatic rings. The van der Waals surface area contributed by atoms with E-state index in [0.717, 1.165) is 58.0 Å². The van der Waals surface area contributed by atoms with Gasteiger partial charge in [0.2, 0.25) is 0 Å².